The standard InChI is InChI=1S/C16H24O3/c1-10(17)19-16-9-15(2,3)8-13(18)14(16)11-6-4-5-7-12(11)16/h11-12,14H,4-9H2,1-3H3. The zero-order valence-electron chi connectivity index (χ0n) is 12.2. The number of rotatable bonds is 1. The molecule has 0 heterocycles. The van der Waals surface area contributed by atoms with Crippen molar-refractivity contribution in [3.63, 3.8) is 0 Å². The minimum atomic E-state index is -0.463. The van der Waals surface area contributed by atoms with Gasteiger partial charge in [0.2, 0.25) is 0 Å². The Morgan fingerprint density at radius 2 is 1.95 bits per heavy atom. The summed E-state index contributed by atoms with van der Waals surface area (Å²) in [6.45, 7) is 5.74. The number of carbonyl (C=O) groups excluding carboxylic acids is 2. The van der Waals surface area contributed by atoms with Crippen LogP contribution >= 0.6 is 0 Å². The third kappa shape index (κ3) is 1.85. The summed E-state index contributed by atoms with van der Waals surface area (Å²) in [5.41, 5.74) is -0.499. The second-order valence-electron chi connectivity index (χ2n) is 7.57. The molecular weight excluding hydrogens is 240 g/mol. The molecule has 3 fully saturated rings. The summed E-state index contributed by atoms with van der Waals surface area (Å²) in [6, 6.07) is 0. The minimum Gasteiger partial charge on any atom is -0.458 e. The van der Waals surface area contributed by atoms with E-state index in [0.29, 0.717) is 24.0 Å². The van der Waals surface area contributed by atoms with Gasteiger partial charge in [0.1, 0.15) is 11.4 Å². The molecule has 0 amide bonds. The van der Waals surface area contributed by atoms with Crippen molar-refractivity contribution in [3.8, 4) is 0 Å². The van der Waals surface area contributed by atoms with Gasteiger partial charge in [-0.1, -0.05) is 26.7 Å². The fraction of sp³-hybridized carbons (Fsp3) is 0.875. The highest BCUT2D eigenvalue weighted by Crippen LogP contribution is 2.65. The summed E-state index contributed by atoms with van der Waals surface area (Å²) in [7, 11) is 0. The Hall–Kier alpha value is -0.860. The highest BCUT2D eigenvalue weighted by atomic mass is 16.6. The van der Waals surface area contributed by atoms with Gasteiger partial charge in [-0.05, 0) is 30.6 Å². The molecule has 0 N–H and O–H groups in total. The summed E-state index contributed by atoms with van der Waals surface area (Å²) in [6.07, 6.45) is 6.21. The molecule has 3 heteroatoms. The van der Waals surface area contributed by atoms with Crippen LogP contribution in [-0.4, -0.2) is 17.4 Å². The molecule has 0 radical (unpaired) electrons. The van der Waals surface area contributed by atoms with Crippen molar-refractivity contribution in [3.05, 3.63) is 0 Å². The van der Waals surface area contributed by atoms with Crippen LogP contribution in [0.5, 0.6) is 0 Å². The molecule has 3 aliphatic rings. The Labute approximate surface area is 115 Å². The van der Waals surface area contributed by atoms with E-state index in [2.05, 4.69) is 13.8 Å². The maximum atomic E-state index is 12.5. The molecule has 106 valence electrons. The van der Waals surface area contributed by atoms with Crippen molar-refractivity contribution >= 4 is 11.8 Å². The Balaban J connectivity index is 1.96. The first-order valence-corrected chi connectivity index (χ1v) is 7.58. The molecule has 0 aromatic rings. The molecule has 3 aliphatic carbocycles. The molecule has 0 saturated heterocycles. The summed E-state index contributed by atoms with van der Waals surface area (Å²) >= 11 is 0. The van der Waals surface area contributed by atoms with Crippen LogP contribution in [0, 0.1) is 23.2 Å². The summed E-state index contributed by atoms with van der Waals surface area (Å²) in [5, 5.41) is 0. The number of fused-ring (bicyclic) bond motifs is 4. The van der Waals surface area contributed by atoms with Crippen molar-refractivity contribution in [2.45, 2.75) is 64.9 Å². The number of hydrogen-bond acceptors (Lipinski definition) is 3. The molecule has 0 spiro atoms. The Morgan fingerprint density at radius 1 is 1.26 bits per heavy atom. The van der Waals surface area contributed by atoms with E-state index in [1.165, 1.54) is 19.8 Å². The summed E-state index contributed by atoms with van der Waals surface area (Å²) < 4.78 is 5.79. The van der Waals surface area contributed by atoms with E-state index < -0.39 is 5.60 Å². The molecule has 0 bridgehead atoms. The second-order valence-corrected chi connectivity index (χ2v) is 7.57. The number of Topliss-reactive ketones (excluding diaryl/α,β-unsaturated/α-hetero) is 1. The van der Waals surface area contributed by atoms with Crippen molar-refractivity contribution in [2.75, 3.05) is 0 Å². The van der Waals surface area contributed by atoms with Crippen molar-refractivity contribution in [1.29, 1.82) is 0 Å². The van der Waals surface area contributed by atoms with Gasteiger partial charge >= 0.3 is 5.97 Å². The van der Waals surface area contributed by atoms with Crippen LogP contribution in [0.4, 0.5) is 0 Å². The van der Waals surface area contributed by atoms with Gasteiger partial charge in [0.25, 0.3) is 0 Å². The third-order valence-corrected chi connectivity index (χ3v) is 5.49. The summed E-state index contributed by atoms with van der Waals surface area (Å²) in [5.74, 6) is 1.02. The quantitative estimate of drug-likeness (QED) is 0.683. The van der Waals surface area contributed by atoms with Crippen molar-refractivity contribution in [2.24, 2.45) is 23.2 Å². The van der Waals surface area contributed by atoms with E-state index in [4.69, 9.17) is 4.74 Å². The highest BCUT2D eigenvalue weighted by Gasteiger charge is 2.69. The molecule has 4 unspecified atom stereocenters. The minimum absolute atomic E-state index is 0.00488. The van der Waals surface area contributed by atoms with Crippen molar-refractivity contribution < 1.29 is 14.3 Å². The molecule has 0 aromatic heterocycles. The average molecular weight is 264 g/mol. The lowest BCUT2D eigenvalue weighted by molar-refractivity contribution is -0.250. The van der Waals surface area contributed by atoms with Gasteiger partial charge < -0.3 is 4.74 Å². The highest BCUT2D eigenvalue weighted by molar-refractivity contribution is 5.86. The molecule has 0 aromatic carbocycles. The van der Waals surface area contributed by atoms with E-state index in [1.54, 1.807) is 0 Å². The van der Waals surface area contributed by atoms with Gasteiger partial charge in [-0.15, -0.1) is 0 Å². The van der Waals surface area contributed by atoms with Gasteiger partial charge in [0, 0.05) is 19.3 Å². The molecule has 3 rings (SSSR count). The average Bonchev–Trinajstić information content (AvgIpc) is 2.24. The fourth-order valence-corrected chi connectivity index (χ4v) is 5.23. The number of esters is 1. The molecule has 0 aliphatic heterocycles. The Kier molecular flexibility index (Phi) is 2.81. The number of ketones is 1. The van der Waals surface area contributed by atoms with Gasteiger partial charge in [0.05, 0.1) is 5.92 Å². The van der Waals surface area contributed by atoms with Crippen molar-refractivity contribution in [1.82, 2.24) is 0 Å². The smallest absolute Gasteiger partial charge is 0.303 e. The molecule has 4 atom stereocenters. The van der Waals surface area contributed by atoms with Crippen LogP contribution < -0.4 is 0 Å². The maximum absolute atomic E-state index is 12.5. The van der Waals surface area contributed by atoms with E-state index in [1.807, 2.05) is 0 Å². The number of ether oxygens (including phenoxy) is 1. The largest absolute Gasteiger partial charge is 0.458 e. The lowest BCUT2D eigenvalue weighted by Crippen LogP contribution is -2.71. The van der Waals surface area contributed by atoms with Gasteiger partial charge in [-0.2, -0.15) is 0 Å². The number of hydrogen-bond donors (Lipinski definition) is 0. The maximum Gasteiger partial charge on any atom is 0.303 e. The predicted octanol–water partition coefficient (Wildman–Crippen LogP) is 3.11. The first kappa shape index (κ1) is 13.1. The van der Waals surface area contributed by atoms with Crippen LogP contribution in [0.3, 0.4) is 0 Å². The number of carbonyl (C=O) groups is 2. The zero-order chi connectivity index (χ0) is 13.8. The Bertz CT molecular complexity index is 426. The first-order valence-electron chi connectivity index (χ1n) is 7.58. The van der Waals surface area contributed by atoms with Gasteiger partial charge in [-0.25, -0.2) is 0 Å². The monoisotopic (exact) mass is 264 g/mol. The second kappa shape index (κ2) is 4.07. The third-order valence-electron chi connectivity index (χ3n) is 5.49. The van der Waals surface area contributed by atoms with Crippen LogP contribution in [0.2, 0.25) is 0 Å². The molecule has 3 saturated carbocycles. The van der Waals surface area contributed by atoms with Crippen LogP contribution in [0.1, 0.15) is 59.3 Å². The zero-order valence-corrected chi connectivity index (χ0v) is 12.2. The van der Waals surface area contributed by atoms with Crippen LogP contribution in [-0.2, 0) is 14.3 Å². The van der Waals surface area contributed by atoms with Crippen LogP contribution in [0.15, 0.2) is 0 Å². The first-order chi connectivity index (χ1) is 8.86. The van der Waals surface area contributed by atoms with E-state index >= 15 is 0 Å². The summed E-state index contributed by atoms with van der Waals surface area (Å²) in [4.78, 5) is 24.1. The topological polar surface area (TPSA) is 43.4 Å². The van der Waals surface area contributed by atoms with Gasteiger partial charge in [0.15, 0.2) is 0 Å². The normalized spacial score (nSPS) is 43.7. The van der Waals surface area contributed by atoms with Crippen LogP contribution in [0.25, 0.3) is 0 Å². The molecule has 3 nitrogen and oxygen atoms in total. The van der Waals surface area contributed by atoms with E-state index in [9.17, 15) is 9.59 Å². The fourth-order valence-electron chi connectivity index (χ4n) is 5.23. The van der Waals surface area contributed by atoms with E-state index in [0.717, 1.165) is 19.3 Å². The lowest BCUT2D eigenvalue weighted by Gasteiger charge is -2.65. The van der Waals surface area contributed by atoms with E-state index in [-0.39, 0.29) is 17.3 Å². The SMILES string of the molecule is CC(=O)OC12CC(C)(C)CC(=O)C1C1CCCCC12. The molecular formula is C16H24O3. The van der Waals surface area contributed by atoms with Gasteiger partial charge in [-0.3, -0.25) is 9.59 Å². The lowest BCUT2D eigenvalue weighted by atomic mass is 9.42. The molecule has 19 heavy (non-hydrogen) atoms. The predicted molar refractivity (Wildman–Crippen MR) is 71.5 cm³/mol. The Morgan fingerprint density at radius 3 is 2.63 bits per heavy atom.